The molecule has 3 rings (SSSR count). The van der Waals surface area contributed by atoms with Crippen LogP contribution >= 0.6 is 12.4 Å². The molecule has 7 nitrogen and oxygen atoms in total. The van der Waals surface area contributed by atoms with E-state index in [1.54, 1.807) is 13.1 Å². The van der Waals surface area contributed by atoms with Crippen LogP contribution in [-0.4, -0.2) is 54.0 Å². The second-order valence-electron chi connectivity index (χ2n) is 7.93. The van der Waals surface area contributed by atoms with Gasteiger partial charge in [-0.15, -0.1) is 12.4 Å². The van der Waals surface area contributed by atoms with E-state index in [1.807, 2.05) is 18.2 Å². The second-order valence-corrected chi connectivity index (χ2v) is 7.93. The normalized spacial score (nSPS) is 24.5. The lowest BCUT2D eigenvalue weighted by molar-refractivity contribution is -0.139. The van der Waals surface area contributed by atoms with Gasteiger partial charge in [0.05, 0.1) is 11.5 Å². The van der Waals surface area contributed by atoms with Crippen molar-refractivity contribution >= 4 is 35.8 Å². The Morgan fingerprint density at radius 3 is 2.64 bits per heavy atom. The fourth-order valence-corrected chi connectivity index (χ4v) is 4.12. The first-order valence-corrected chi connectivity index (χ1v) is 8.96. The number of benzene rings is 1. The summed E-state index contributed by atoms with van der Waals surface area (Å²) in [7, 11) is 1.57. The lowest BCUT2D eigenvalue weighted by Crippen LogP contribution is -2.52. The monoisotopic (exact) mass is 412 g/mol. The molecule has 4 N–H and O–H groups in total. The number of nitrogens with zero attached hydrogens (tertiary/aromatic N) is 1. The number of amides is 3. The molecule has 0 unspecified atom stereocenters. The number of likely N-dealkylation sites (N-methyl/N-ethyl adjacent to an activating group) is 1. The molecule has 3 amide bonds. The van der Waals surface area contributed by atoms with Gasteiger partial charge in [0.1, 0.15) is 11.7 Å². The molecule has 9 heteroatoms. The third-order valence-corrected chi connectivity index (χ3v) is 5.43. The number of hydrogen-bond acceptors (Lipinski definition) is 4. The summed E-state index contributed by atoms with van der Waals surface area (Å²) < 4.78 is 14.1. The van der Waals surface area contributed by atoms with Gasteiger partial charge in [0.25, 0.3) is 0 Å². The summed E-state index contributed by atoms with van der Waals surface area (Å²) in [5, 5.41) is 5.65. The Kier molecular flexibility index (Phi) is 6.06. The van der Waals surface area contributed by atoms with Crippen LogP contribution in [0.2, 0.25) is 0 Å². The number of halogens is 2. The Morgan fingerprint density at radius 1 is 1.43 bits per heavy atom. The standard InChI is InChI=1S/C19H25FN4O3.ClH/c1-18(2,20)8-13(22-3)16(26)24-10-19(9-14(24)15(21)25)11-6-4-5-7-12(11)23-17(19)27;/h4-7,13-14,22H,8-10H2,1-3H3,(H2,21,25)(H,23,27);1H/t13-,14-,19-;/m0./s1. The van der Waals surface area contributed by atoms with E-state index < -0.39 is 35.0 Å². The van der Waals surface area contributed by atoms with Crippen molar-refractivity contribution in [2.45, 2.75) is 49.9 Å². The third-order valence-electron chi connectivity index (χ3n) is 5.43. The Balaban J connectivity index is 0.00000280. The van der Waals surface area contributed by atoms with Gasteiger partial charge in [-0.2, -0.15) is 0 Å². The van der Waals surface area contributed by atoms with Crippen molar-refractivity contribution in [2.24, 2.45) is 5.73 Å². The van der Waals surface area contributed by atoms with Crippen LogP contribution in [0.1, 0.15) is 32.3 Å². The van der Waals surface area contributed by atoms with E-state index in [2.05, 4.69) is 10.6 Å². The predicted molar refractivity (Wildman–Crippen MR) is 106 cm³/mol. The number of nitrogens with two attached hydrogens (primary N) is 1. The van der Waals surface area contributed by atoms with Gasteiger partial charge in [0.15, 0.2) is 0 Å². The van der Waals surface area contributed by atoms with E-state index >= 15 is 0 Å². The molecule has 0 bridgehead atoms. The second kappa shape index (κ2) is 7.67. The first-order chi connectivity index (χ1) is 12.6. The van der Waals surface area contributed by atoms with Crippen molar-refractivity contribution < 1.29 is 18.8 Å². The summed E-state index contributed by atoms with van der Waals surface area (Å²) in [5.74, 6) is -1.36. The molecule has 0 aliphatic carbocycles. The minimum absolute atomic E-state index is 0. The highest BCUT2D eigenvalue weighted by Gasteiger charge is 2.57. The van der Waals surface area contributed by atoms with Crippen molar-refractivity contribution in [3.63, 3.8) is 0 Å². The number of anilines is 1. The lowest BCUT2D eigenvalue weighted by Gasteiger charge is -2.29. The van der Waals surface area contributed by atoms with E-state index in [9.17, 15) is 18.8 Å². The number of primary amides is 1. The number of carbonyl (C=O) groups excluding carboxylic acids is 3. The van der Waals surface area contributed by atoms with Crippen LogP contribution in [0.25, 0.3) is 0 Å². The lowest BCUT2D eigenvalue weighted by atomic mass is 9.79. The van der Waals surface area contributed by atoms with Crippen LogP contribution in [0.5, 0.6) is 0 Å². The molecule has 0 aromatic heterocycles. The molecule has 2 aliphatic rings. The van der Waals surface area contributed by atoms with E-state index in [0.717, 1.165) is 5.56 Å². The van der Waals surface area contributed by atoms with Crippen LogP contribution < -0.4 is 16.4 Å². The van der Waals surface area contributed by atoms with E-state index in [4.69, 9.17) is 5.73 Å². The molecule has 1 spiro atoms. The van der Waals surface area contributed by atoms with Crippen LogP contribution in [-0.2, 0) is 19.8 Å². The van der Waals surface area contributed by atoms with E-state index in [0.29, 0.717) is 5.69 Å². The molecule has 0 radical (unpaired) electrons. The smallest absolute Gasteiger partial charge is 0.240 e. The number of likely N-dealkylation sites (tertiary alicyclic amines) is 1. The van der Waals surface area contributed by atoms with E-state index in [1.165, 1.54) is 18.7 Å². The minimum atomic E-state index is -1.57. The van der Waals surface area contributed by atoms with Crippen LogP contribution in [0.3, 0.4) is 0 Å². The van der Waals surface area contributed by atoms with Gasteiger partial charge in [0.2, 0.25) is 17.7 Å². The highest BCUT2D eigenvalue weighted by atomic mass is 35.5. The van der Waals surface area contributed by atoms with E-state index in [-0.39, 0.29) is 37.7 Å². The van der Waals surface area contributed by atoms with Crippen molar-refractivity contribution in [1.29, 1.82) is 0 Å². The zero-order valence-electron chi connectivity index (χ0n) is 16.1. The molecule has 0 saturated carbocycles. The van der Waals surface area contributed by atoms with Crippen molar-refractivity contribution in [2.75, 3.05) is 18.9 Å². The minimum Gasteiger partial charge on any atom is -0.368 e. The van der Waals surface area contributed by atoms with Gasteiger partial charge in [-0.1, -0.05) is 18.2 Å². The number of fused-ring (bicyclic) bond motifs is 2. The Hall–Kier alpha value is -2.19. The quantitative estimate of drug-likeness (QED) is 0.673. The Morgan fingerprint density at radius 2 is 2.07 bits per heavy atom. The van der Waals surface area contributed by atoms with Crippen LogP contribution in [0.15, 0.2) is 24.3 Å². The van der Waals surface area contributed by atoms with Crippen molar-refractivity contribution in [3.8, 4) is 0 Å². The van der Waals surface area contributed by atoms with Gasteiger partial charge in [-0.05, 0) is 38.9 Å². The summed E-state index contributed by atoms with van der Waals surface area (Å²) in [6, 6.07) is 5.48. The number of alkyl halides is 1. The maximum atomic E-state index is 14.1. The highest BCUT2D eigenvalue weighted by Crippen LogP contribution is 2.46. The maximum Gasteiger partial charge on any atom is 0.240 e. The summed E-state index contributed by atoms with van der Waals surface area (Å²) in [4.78, 5) is 39.3. The number of carbonyl (C=O) groups is 3. The van der Waals surface area contributed by atoms with Gasteiger partial charge in [0, 0.05) is 18.7 Å². The van der Waals surface area contributed by atoms with Crippen LogP contribution in [0, 0.1) is 0 Å². The SMILES string of the molecule is CN[C@@H](CC(C)(C)F)C(=O)N1C[C@]2(C[C@H]1C(N)=O)C(=O)Nc1ccccc12.Cl. The Labute approximate surface area is 169 Å². The van der Waals surface area contributed by atoms with Gasteiger partial charge in [-0.3, -0.25) is 14.4 Å². The zero-order valence-corrected chi connectivity index (χ0v) is 16.9. The average Bonchev–Trinajstić information content (AvgIpc) is 3.12. The molecule has 2 heterocycles. The maximum absolute atomic E-state index is 14.1. The molecular formula is C19H26ClFN4O3. The summed E-state index contributed by atoms with van der Waals surface area (Å²) in [5.41, 5.74) is 4.39. The largest absolute Gasteiger partial charge is 0.368 e. The molecule has 1 aromatic rings. The van der Waals surface area contributed by atoms with Gasteiger partial charge in [-0.25, -0.2) is 4.39 Å². The number of rotatable bonds is 5. The molecular weight excluding hydrogens is 387 g/mol. The number of hydrogen-bond donors (Lipinski definition) is 3. The first-order valence-electron chi connectivity index (χ1n) is 8.96. The molecule has 1 fully saturated rings. The molecule has 3 atom stereocenters. The molecule has 1 aromatic carbocycles. The predicted octanol–water partition coefficient (Wildman–Crippen LogP) is 1.11. The summed E-state index contributed by atoms with van der Waals surface area (Å²) in [6.07, 6.45) is 0.0620. The van der Waals surface area contributed by atoms with Crippen LogP contribution in [0.4, 0.5) is 10.1 Å². The van der Waals surface area contributed by atoms with Crippen molar-refractivity contribution in [3.05, 3.63) is 29.8 Å². The van der Waals surface area contributed by atoms with Gasteiger partial charge < -0.3 is 21.3 Å². The average molecular weight is 413 g/mol. The highest BCUT2D eigenvalue weighted by molar-refractivity contribution is 6.08. The zero-order chi connectivity index (χ0) is 20.0. The summed E-state index contributed by atoms with van der Waals surface area (Å²) >= 11 is 0. The molecule has 28 heavy (non-hydrogen) atoms. The first kappa shape index (κ1) is 22.1. The number of nitrogens with one attached hydrogen (secondary N) is 2. The van der Waals surface area contributed by atoms with Gasteiger partial charge >= 0.3 is 0 Å². The summed E-state index contributed by atoms with van der Waals surface area (Å²) in [6.45, 7) is 2.82. The molecule has 154 valence electrons. The Bertz CT molecular complexity index is 798. The fourth-order valence-electron chi connectivity index (χ4n) is 4.12. The molecule has 2 aliphatic heterocycles. The molecule has 1 saturated heterocycles. The third kappa shape index (κ3) is 3.71. The number of para-hydroxylation sites is 1. The van der Waals surface area contributed by atoms with Crippen molar-refractivity contribution in [1.82, 2.24) is 10.2 Å². The topological polar surface area (TPSA) is 105 Å². The fraction of sp³-hybridized carbons (Fsp3) is 0.526.